The van der Waals surface area contributed by atoms with Gasteiger partial charge in [-0.15, -0.1) is 24.0 Å². The van der Waals surface area contributed by atoms with Crippen LogP contribution in [-0.4, -0.2) is 55.8 Å². The van der Waals surface area contributed by atoms with Crippen LogP contribution in [-0.2, 0) is 11.3 Å². The van der Waals surface area contributed by atoms with Crippen molar-refractivity contribution in [1.82, 2.24) is 15.5 Å². The minimum atomic E-state index is 0. The number of likely N-dealkylation sites (tertiary alicyclic amines) is 1. The van der Waals surface area contributed by atoms with Crippen LogP contribution in [0.5, 0.6) is 0 Å². The number of ether oxygens (including phenoxy) is 1. The van der Waals surface area contributed by atoms with Crippen molar-refractivity contribution in [2.24, 2.45) is 4.99 Å². The molecule has 1 fully saturated rings. The van der Waals surface area contributed by atoms with E-state index in [1.54, 1.807) is 0 Å². The molecule has 1 heterocycles. The standard InChI is InChI=1S/C20H33BrN4O.HI/c1-4-22-20(23-15-17-5-7-18(21)8-6-17)24-19-9-11-25(12-10-19)13-14-26-16(2)3;/h5-8,16,19H,4,9-15H2,1-3H3,(H2,22,23,24);1H. The third-order valence-corrected chi connectivity index (χ3v) is 4.99. The van der Waals surface area contributed by atoms with Crippen LogP contribution in [0.3, 0.4) is 0 Å². The molecule has 2 rings (SSSR count). The molecule has 0 unspecified atom stereocenters. The second-order valence-electron chi connectivity index (χ2n) is 7.00. The molecule has 5 nitrogen and oxygen atoms in total. The summed E-state index contributed by atoms with van der Waals surface area (Å²) in [6.45, 7) is 11.9. The molecule has 1 aliphatic rings. The molecular weight excluding hydrogens is 519 g/mol. The molecule has 7 heteroatoms. The fourth-order valence-electron chi connectivity index (χ4n) is 2.99. The van der Waals surface area contributed by atoms with Gasteiger partial charge in [0.1, 0.15) is 0 Å². The van der Waals surface area contributed by atoms with Crippen LogP contribution >= 0.6 is 39.9 Å². The summed E-state index contributed by atoms with van der Waals surface area (Å²) in [5.74, 6) is 0.914. The van der Waals surface area contributed by atoms with Gasteiger partial charge in [-0.3, -0.25) is 0 Å². The Morgan fingerprint density at radius 3 is 2.52 bits per heavy atom. The zero-order chi connectivity index (χ0) is 18.8. The first-order valence-electron chi connectivity index (χ1n) is 9.70. The van der Waals surface area contributed by atoms with Crippen LogP contribution in [0.2, 0.25) is 0 Å². The summed E-state index contributed by atoms with van der Waals surface area (Å²) in [5.41, 5.74) is 1.21. The lowest BCUT2D eigenvalue weighted by atomic mass is 10.1. The summed E-state index contributed by atoms with van der Waals surface area (Å²) in [5, 5.41) is 6.97. The molecule has 1 saturated heterocycles. The molecule has 1 aromatic carbocycles. The molecule has 0 bridgehead atoms. The van der Waals surface area contributed by atoms with Gasteiger partial charge in [-0.05, 0) is 51.3 Å². The lowest BCUT2D eigenvalue weighted by molar-refractivity contribution is 0.0532. The topological polar surface area (TPSA) is 48.9 Å². The van der Waals surface area contributed by atoms with Gasteiger partial charge in [-0.25, -0.2) is 4.99 Å². The van der Waals surface area contributed by atoms with E-state index >= 15 is 0 Å². The van der Waals surface area contributed by atoms with Crippen molar-refractivity contribution in [1.29, 1.82) is 0 Å². The lowest BCUT2D eigenvalue weighted by Crippen LogP contribution is -2.49. The first-order chi connectivity index (χ1) is 12.6. The Morgan fingerprint density at radius 1 is 1.26 bits per heavy atom. The molecule has 27 heavy (non-hydrogen) atoms. The first kappa shape index (κ1) is 24.7. The van der Waals surface area contributed by atoms with Crippen LogP contribution < -0.4 is 10.6 Å². The predicted octanol–water partition coefficient (Wildman–Crippen LogP) is 4.01. The highest BCUT2D eigenvalue weighted by Gasteiger charge is 2.19. The van der Waals surface area contributed by atoms with E-state index in [1.807, 2.05) is 0 Å². The Balaban J connectivity index is 0.00000364. The van der Waals surface area contributed by atoms with Crippen molar-refractivity contribution in [3.63, 3.8) is 0 Å². The first-order valence-corrected chi connectivity index (χ1v) is 10.5. The molecule has 0 atom stereocenters. The van der Waals surface area contributed by atoms with Crippen molar-refractivity contribution in [3.8, 4) is 0 Å². The monoisotopic (exact) mass is 552 g/mol. The molecule has 1 aliphatic heterocycles. The van der Waals surface area contributed by atoms with Gasteiger partial charge in [0.05, 0.1) is 19.3 Å². The molecular formula is C20H34BrIN4O. The van der Waals surface area contributed by atoms with Gasteiger partial charge < -0.3 is 20.3 Å². The summed E-state index contributed by atoms with van der Waals surface area (Å²) < 4.78 is 6.76. The molecule has 0 aromatic heterocycles. The van der Waals surface area contributed by atoms with Crippen LogP contribution in [0.15, 0.2) is 33.7 Å². The highest BCUT2D eigenvalue weighted by molar-refractivity contribution is 14.0. The van der Waals surface area contributed by atoms with Crippen LogP contribution in [0.4, 0.5) is 0 Å². The van der Waals surface area contributed by atoms with Gasteiger partial charge in [0.15, 0.2) is 5.96 Å². The predicted molar refractivity (Wildman–Crippen MR) is 128 cm³/mol. The Morgan fingerprint density at radius 2 is 1.93 bits per heavy atom. The highest BCUT2D eigenvalue weighted by Crippen LogP contribution is 2.12. The van der Waals surface area contributed by atoms with E-state index in [-0.39, 0.29) is 24.0 Å². The number of rotatable bonds is 8. The second kappa shape index (κ2) is 13.7. The minimum Gasteiger partial charge on any atom is -0.377 e. The third-order valence-electron chi connectivity index (χ3n) is 4.46. The Kier molecular flexibility index (Phi) is 12.5. The Hall–Kier alpha value is -0.380. The average molecular weight is 553 g/mol. The van der Waals surface area contributed by atoms with Crippen molar-refractivity contribution in [2.75, 3.05) is 32.8 Å². The Bertz CT molecular complexity index is 545. The summed E-state index contributed by atoms with van der Waals surface area (Å²) >= 11 is 3.47. The van der Waals surface area contributed by atoms with E-state index in [0.29, 0.717) is 18.7 Å². The van der Waals surface area contributed by atoms with Crippen LogP contribution in [0.25, 0.3) is 0 Å². The molecule has 154 valence electrons. The fraction of sp³-hybridized carbons (Fsp3) is 0.650. The summed E-state index contributed by atoms with van der Waals surface area (Å²) in [6, 6.07) is 8.82. The fourth-order valence-corrected chi connectivity index (χ4v) is 3.26. The van der Waals surface area contributed by atoms with E-state index in [9.17, 15) is 0 Å². The quantitative estimate of drug-likeness (QED) is 0.291. The van der Waals surface area contributed by atoms with Crippen molar-refractivity contribution >= 4 is 45.9 Å². The minimum absolute atomic E-state index is 0. The van der Waals surface area contributed by atoms with Crippen molar-refractivity contribution < 1.29 is 4.74 Å². The number of hydrogen-bond acceptors (Lipinski definition) is 3. The molecule has 0 aliphatic carbocycles. The maximum absolute atomic E-state index is 5.66. The number of nitrogens with one attached hydrogen (secondary N) is 2. The average Bonchev–Trinajstić information content (AvgIpc) is 2.62. The molecule has 0 amide bonds. The smallest absolute Gasteiger partial charge is 0.191 e. The largest absolute Gasteiger partial charge is 0.377 e. The van der Waals surface area contributed by atoms with E-state index in [4.69, 9.17) is 9.73 Å². The maximum atomic E-state index is 5.66. The highest BCUT2D eigenvalue weighted by atomic mass is 127. The number of nitrogens with zero attached hydrogens (tertiary/aromatic N) is 2. The lowest BCUT2D eigenvalue weighted by Gasteiger charge is -2.33. The number of aliphatic imine (C=N–C) groups is 1. The molecule has 0 radical (unpaired) electrons. The van der Waals surface area contributed by atoms with Gasteiger partial charge in [0, 0.05) is 36.7 Å². The number of hydrogen-bond donors (Lipinski definition) is 2. The molecule has 2 N–H and O–H groups in total. The van der Waals surface area contributed by atoms with E-state index < -0.39 is 0 Å². The summed E-state index contributed by atoms with van der Waals surface area (Å²) in [4.78, 5) is 7.23. The van der Waals surface area contributed by atoms with Gasteiger partial charge in [0.2, 0.25) is 0 Å². The van der Waals surface area contributed by atoms with Crippen molar-refractivity contribution in [3.05, 3.63) is 34.3 Å². The van der Waals surface area contributed by atoms with Crippen LogP contribution in [0, 0.1) is 0 Å². The number of guanidine groups is 1. The maximum Gasteiger partial charge on any atom is 0.191 e. The molecule has 0 spiro atoms. The zero-order valence-corrected chi connectivity index (χ0v) is 20.6. The SMILES string of the molecule is CCNC(=NCc1ccc(Br)cc1)NC1CCN(CCOC(C)C)CC1.I. The van der Waals surface area contributed by atoms with Gasteiger partial charge in [0.25, 0.3) is 0 Å². The third kappa shape index (κ3) is 10.1. The van der Waals surface area contributed by atoms with Crippen LogP contribution in [0.1, 0.15) is 39.2 Å². The van der Waals surface area contributed by atoms with E-state index in [0.717, 1.165) is 56.1 Å². The number of piperidine rings is 1. The van der Waals surface area contributed by atoms with E-state index in [1.165, 1.54) is 5.56 Å². The Labute approximate surface area is 189 Å². The number of benzene rings is 1. The van der Waals surface area contributed by atoms with Gasteiger partial charge in [-0.2, -0.15) is 0 Å². The van der Waals surface area contributed by atoms with E-state index in [2.05, 4.69) is 76.5 Å². The molecule has 0 saturated carbocycles. The zero-order valence-electron chi connectivity index (χ0n) is 16.7. The van der Waals surface area contributed by atoms with Gasteiger partial charge >= 0.3 is 0 Å². The van der Waals surface area contributed by atoms with Crippen molar-refractivity contribution in [2.45, 2.75) is 52.3 Å². The number of halogens is 2. The summed E-state index contributed by atoms with van der Waals surface area (Å²) in [7, 11) is 0. The summed E-state index contributed by atoms with van der Waals surface area (Å²) in [6.07, 6.45) is 2.60. The van der Waals surface area contributed by atoms with Gasteiger partial charge in [-0.1, -0.05) is 28.1 Å². The second-order valence-corrected chi connectivity index (χ2v) is 7.92. The normalized spacial score (nSPS) is 16.3. The molecule has 1 aromatic rings.